The number of aliphatic carboxylic acids is 1. The van der Waals surface area contributed by atoms with Gasteiger partial charge in [0.25, 0.3) is 0 Å². The Labute approximate surface area is 244 Å². The van der Waals surface area contributed by atoms with Crippen LogP contribution in [-0.4, -0.2) is 74.7 Å². The number of rotatable bonds is 15. The first kappa shape index (κ1) is 29.1. The van der Waals surface area contributed by atoms with Crippen molar-refractivity contribution in [2.45, 2.75) is 44.6 Å². The number of carboxylic acid groups (broad SMARTS) is 1. The van der Waals surface area contributed by atoms with Crippen molar-refractivity contribution in [1.82, 2.24) is 24.8 Å². The molecule has 0 saturated carbocycles. The number of ether oxygens (including phenoxy) is 1. The maximum Gasteiger partial charge on any atom is 0.326 e. The van der Waals surface area contributed by atoms with Crippen LogP contribution in [0.4, 0.5) is 16.0 Å². The van der Waals surface area contributed by atoms with Crippen LogP contribution in [0.2, 0.25) is 0 Å². The highest BCUT2D eigenvalue weighted by molar-refractivity contribution is 5.78. The van der Waals surface area contributed by atoms with Crippen molar-refractivity contribution in [3.63, 3.8) is 0 Å². The van der Waals surface area contributed by atoms with Gasteiger partial charge in [-0.1, -0.05) is 18.2 Å². The van der Waals surface area contributed by atoms with Crippen LogP contribution in [0.25, 0.3) is 11.0 Å². The number of pyridine rings is 2. The molecule has 0 saturated heterocycles. The zero-order valence-electron chi connectivity index (χ0n) is 23.5. The molecule has 1 aliphatic rings. The molecule has 10 nitrogen and oxygen atoms in total. The van der Waals surface area contributed by atoms with Gasteiger partial charge in [0.15, 0.2) is 0 Å². The predicted octanol–water partition coefficient (Wildman–Crippen LogP) is 4.58. The Morgan fingerprint density at radius 1 is 1.07 bits per heavy atom. The van der Waals surface area contributed by atoms with E-state index >= 15 is 0 Å². The molecule has 0 radical (unpaired) electrons. The summed E-state index contributed by atoms with van der Waals surface area (Å²) in [6.45, 7) is 3.13. The SMILES string of the molecule is O=C(O)[C@H](CCN(CCCCc1ccc2c(n1)NCCC2)CCOc1cncc(F)c1)Nc1cnc2ccccc2n1. The number of nitrogens with one attached hydrogen (secondary N) is 2. The first-order chi connectivity index (χ1) is 20.5. The molecule has 0 amide bonds. The highest BCUT2D eigenvalue weighted by Gasteiger charge is 2.20. The number of hydrogen-bond acceptors (Lipinski definition) is 9. The molecule has 1 aromatic carbocycles. The molecule has 0 bridgehead atoms. The summed E-state index contributed by atoms with van der Waals surface area (Å²) in [7, 11) is 0. The van der Waals surface area contributed by atoms with Gasteiger partial charge in [-0.05, 0) is 68.8 Å². The van der Waals surface area contributed by atoms with Gasteiger partial charge in [0.05, 0.1) is 29.6 Å². The van der Waals surface area contributed by atoms with Crippen molar-refractivity contribution in [2.24, 2.45) is 0 Å². The van der Waals surface area contributed by atoms with E-state index in [2.05, 4.69) is 42.6 Å². The summed E-state index contributed by atoms with van der Waals surface area (Å²) in [5.74, 6) is 0.373. The molecular formula is C31H36FN7O3. The highest BCUT2D eigenvalue weighted by Crippen LogP contribution is 2.20. The first-order valence-electron chi connectivity index (χ1n) is 14.4. The lowest BCUT2D eigenvalue weighted by molar-refractivity contribution is -0.138. The van der Waals surface area contributed by atoms with E-state index in [1.807, 2.05) is 24.3 Å². The van der Waals surface area contributed by atoms with Crippen LogP contribution in [0.1, 0.15) is 36.9 Å². The number of hydrogen-bond donors (Lipinski definition) is 3. The number of halogens is 1. The summed E-state index contributed by atoms with van der Waals surface area (Å²) in [6.07, 6.45) is 9.45. The molecule has 4 heterocycles. The van der Waals surface area contributed by atoms with Crippen LogP contribution >= 0.6 is 0 Å². The van der Waals surface area contributed by atoms with Crippen molar-refractivity contribution in [2.75, 3.05) is 43.4 Å². The minimum Gasteiger partial charge on any atom is -0.491 e. The molecular weight excluding hydrogens is 537 g/mol. The lowest BCUT2D eigenvalue weighted by Crippen LogP contribution is -2.37. The number of carboxylic acids is 1. The second-order valence-corrected chi connectivity index (χ2v) is 10.4. The number of anilines is 2. The van der Waals surface area contributed by atoms with Crippen molar-refractivity contribution < 1.29 is 19.0 Å². The van der Waals surface area contributed by atoms with Crippen molar-refractivity contribution in [1.29, 1.82) is 0 Å². The Bertz CT molecular complexity index is 1490. The van der Waals surface area contributed by atoms with Crippen LogP contribution in [0.5, 0.6) is 5.75 Å². The molecule has 3 aromatic heterocycles. The summed E-state index contributed by atoms with van der Waals surface area (Å²) in [5.41, 5.74) is 3.79. The number of fused-ring (bicyclic) bond motifs is 2. The molecule has 0 aliphatic carbocycles. The van der Waals surface area contributed by atoms with E-state index < -0.39 is 17.8 Å². The fourth-order valence-corrected chi connectivity index (χ4v) is 5.02. The highest BCUT2D eigenvalue weighted by atomic mass is 19.1. The molecule has 220 valence electrons. The third-order valence-corrected chi connectivity index (χ3v) is 7.27. The van der Waals surface area contributed by atoms with Crippen LogP contribution in [0.15, 0.2) is 61.1 Å². The standard InChI is InChI=1S/C31H36FN7O3/c32-23-18-25(20-33-19-23)42-17-16-39(14-4-3-7-24-11-10-22-6-5-13-34-30(22)36-24)15-12-28(31(40)41)38-29-21-35-26-8-1-2-9-27(26)37-29/h1-2,8-11,18-21,28H,3-7,12-17H2,(H,34,36)(H,37,38)(H,40,41)/t28-/m0/s1. The number of aromatic nitrogens is 4. The minimum atomic E-state index is -0.959. The number of benzene rings is 1. The van der Waals surface area contributed by atoms with E-state index in [1.165, 1.54) is 17.8 Å². The Hall–Kier alpha value is -4.38. The van der Waals surface area contributed by atoms with Gasteiger partial charge < -0.3 is 20.5 Å². The smallest absolute Gasteiger partial charge is 0.326 e. The zero-order chi connectivity index (χ0) is 29.1. The Morgan fingerprint density at radius 2 is 1.95 bits per heavy atom. The van der Waals surface area contributed by atoms with Crippen molar-refractivity contribution >= 4 is 28.6 Å². The fraction of sp³-hybridized carbons (Fsp3) is 0.387. The normalized spacial score (nSPS) is 13.4. The number of unbranched alkanes of at least 4 members (excludes halogenated alkanes) is 1. The average Bonchev–Trinajstić information content (AvgIpc) is 3.00. The zero-order valence-corrected chi connectivity index (χ0v) is 23.5. The summed E-state index contributed by atoms with van der Waals surface area (Å²) in [4.78, 5) is 31.8. The van der Waals surface area contributed by atoms with Crippen LogP contribution < -0.4 is 15.4 Å². The molecule has 3 N–H and O–H groups in total. The summed E-state index contributed by atoms with van der Waals surface area (Å²) in [6, 6.07) is 12.2. The molecule has 11 heteroatoms. The summed E-state index contributed by atoms with van der Waals surface area (Å²) < 4.78 is 19.2. The second kappa shape index (κ2) is 14.5. The molecule has 1 aliphatic heterocycles. The summed E-state index contributed by atoms with van der Waals surface area (Å²) in [5, 5.41) is 16.4. The molecule has 42 heavy (non-hydrogen) atoms. The van der Waals surface area contributed by atoms with Crippen LogP contribution in [0.3, 0.4) is 0 Å². The molecule has 0 unspecified atom stereocenters. The van der Waals surface area contributed by atoms with E-state index in [0.29, 0.717) is 43.2 Å². The first-order valence-corrected chi connectivity index (χ1v) is 14.4. The van der Waals surface area contributed by atoms with Crippen LogP contribution in [-0.2, 0) is 17.6 Å². The van der Waals surface area contributed by atoms with Crippen molar-refractivity contribution in [3.8, 4) is 5.75 Å². The number of carbonyl (C=O) groups is 1. The average molecular weight is 574 g/mol. The van der Waals surface area contributed by atoms with Gasteiger partial charge in [-0.2, -0.15) is 0 Å². The Balaban J connectivity index is 1.16. The molecule has 0 fully saturated rings. The topological polar surface area (TPSA) is 125 Å². The lowest BCUT2D eigenvalue weighted by atomic mass is 10.1. The summed E-state index contributed by atoms with van der Waals surface area (Å²) >= 11 is 0. The van der Waals surface area contributed by atoms with Gasteiger partial charge in [0, 0.05) is 31.4 Å². The number of para-hydroxylation sites is 2. The van der Waals surface area contributed by atoms with Gasteiger partial charge >= 0.3 is 5.97 Å². The van der Waals surface area contributed by atoms with E-state index in [1.54, 1.807) is 6.20 Å². The molecule has 0 spiro atoms. The van der Waals surface area contributed by atoms with Gasteiger partial charge in [-0.15, -0.1) is 0 Å². The maximum atomic E-state index is 13.5. The second-order valence-electron chi connectivity index (χ2n) is 10.4. The van der Waals surface area contributed by atoms with Gasteiger partial charge in [-0.25, -0.2) is 19.2 Å². The number of nitrogens with zero attached hydrogens (tertiary/aromatic N) is 5. The largest absolute Gasteiger partial charge is 0.491 e. The quantitative estimate of drug-likeness (QED) is 0.174. The monoisotopic (exact) mass is 573 g/mol. The number of aryl methyl sites for hydroxylation is 2. The predicted molar refractivity (Wildman–Crippen MR) is 159 cm³/mol. The molecule has 5 rings (SSSR count). The molecule has 1 atom stereocenters. The van der Waals surface area contributed by atoms with Gasteiger partial charge in [0.2, 0.25) is 0 Å². The van der Waals surface area contributed by atoms with Crippen LogP contribution in [0, 0.1) is 5.82 Å². The fourth-order valence-electron chi connectivity index (χ4n) is 5.02. The van der Waals surface area contributed by atoms with E-state index in [9.17, 15) is 14.3 Å². The van der Waals surface area contributed by atoms with Gasteiger partial charge in [-0.3, -0.25) is 14.9 Å². The third kappa shape index (κ3) is 8.32. The molecule has 4 aromatic rings. The van der Waals surface area contributed by atoms with E-state index in [0.717, 1.165) is 68.4 Å². The third-order valence-electron chi connectivity index (χ3n) is 7.27. The van der Waals surface area contributed by atoms with E-state index in [-0.39, 0.29) is 0 Å². The van der Waals surface area contributed by atoms with E-state index in [4.69, 9.17) is 9.72 Å². The van der Waals surface area contributed by atoms with Crippen molar-refractivity contribution in [3.05, 3.63) is 78.1 Å². The lowest BCUT2D eigenvalue weighted by Gasteiger charge is -2.24. The Morgan fingerprint density at radius 3 is 2.81 bits per heavy atom. The Kier molecular flexibility index (Phi) is 10.1. The maximum absolute atomic E-state index is 13.5. The van der Waals surface area contributed by atoms with Gasteiger partial charge in [0.1, 0.15) is 35.9 Å². The minimum absolute atomic E-state index is 0.324.